The van der Waals surface area contributed by atoms with Crippen LogP contribution >= 0.6 is 0 Å². The van der Waals surface area contributed by atoms with E-state index in [1.54, 1.807) is 24.1 Å². The summed E-state index contributed by atoms with van der Waals surface area (Å²) in [5, 5.41) is 4.95. The lowest BCUT2D eigenvalue weighted by atomic mass is 9.98. The number of methoxy groups -OCH3 is 1. The largest absolute Gasteiger partial charge is 0.481 e. The zero-order valence-corrected chi connectivity index (χ0v) is 22.7. The quantitative estimate of drug-likeness (QED) is 0.246. The average molecular weight is 541 g/mol. The molecule has 8 nitrogen and oxygen atoms in total. The highest BCUT2D eigenvalue weighted by molar-refractivity contribution is 5.96. The lowest BCUT2D eigenvalue weighted by Gasteiger charge is -2.23. The Kier molecular flexibility index (Phi) is 6.87. The SMILES string of the molecule is COc1cc(-c2cccc3cc(C(C)Nc4nc(N)ncc4-c4ccccc4)n(-c4ccccc4)c(=O)c23)ccn1. The summed E-state index contributed by atoms with van der Waals surface area (Å²) in [6.07, 6.45) is 3.40. The fourth-order valence-corrected chi connectivity index (χ4v) is 5.09. The van der Waals surface area contributed by atoms with E-state index in [2.05, 4.69) is 26.3 Å². The molecule has 1 atom stereocenters. The molecule has 8 heteroatoms. The summed E-state index contributed by atoms with van der Waals surface area (Å²) in [5.74, 6) is 1.23. The van der Waals surface area contributed by atoms with E-state index in [-0.39, 0.29) is 17.5 Å². The van der Waals surface area contributed by atoms with Gasteiger partial charge in [-0.05, 0) is 53.3 Å². The summed E-state index contributed by atoms with van der Waals surface area (Å²) in [5.41, 5.74) is 10.8. The van der Waals surface area contributed by atoms with E-state index in [9.17, 15) is 4.79 Å². The van der Waals surface area contributed by atoms with Crippen molar-refractivity contribution in [2.75, 3.05) is 18.2 Å². The Morgan fingerprint density at radius 2 is 1.61 bits per heavy atom. The highest BCUT2D eigenvalue weighted by Crippen LogP contribution is 2.33. The number of nitrogens with two attached hydrogens (primary N) is 1. The van der Waals surface area contributed by atoms with E-state index in [0.717, 1.165) is 39.0 Å². The Bertz CT molecular complexity index is 1910. The highest BCUT2D eigenvalue weighted by atomic mass is 16.5. The highest BCUT2D eigenvalue weighted by Gasteiger charge is 2.20. The van der Waals surface area contributed by atoms with Gasteiger partial charge in [-0.15, -0.1) is 0 Å². The molecule has 6 rings (SSSR count). The molecule has 0 aliphatic carbocycles. The van der Waals surface area contributed by atoms with E-state index < -0.39 is 0 Å². The number of anilines is 2. The van der Waals surface area contributed by atoms with Crippen LogP contribution in [-0.4, -0.2) is 26.6 Å². The Morgan fingerprint density at radius 3 is 2.37 bits per heavy atom. The van der Waals surface area contributed by atoms with Crippen LogP contribution in [-0.2, 0) is 0 Å². The third-order valence-electron chi connectivity index (χ3n) is 7.03. The van der Waals surface area contributed by atoms with Crippen LogP contribution in [0.1, 0.15) is 18.7 Å². The number of rotatable bonds is 7. The van der Waals surface area contributed by atoms with E-state index in [1.807, 2.05) is 97.9 Å². The summed E-state index contributed by atoms with van der Waals surface area (Å²) in [6.45, 7) is 2.00. The lowest BCUT2D eigenvalue weighted by molar-refractivity contribution is 0.398. The molecule has 0 amide bonds. The second-order valence-electron chi connectivity index (χ2n) is 9.62. The first-order chi connectivity index (χ1) is 20.0. The molecule has 1 unspecified atom stereocenters. The second-order valence-corrected chi connectivity index (χ2v) is 9.62. The van der Waals surface area contributed by atoms with Crippen molar-refractivity contribution in [2.24, 2.45) is 0 Å². The van der Waals surface area contributed by atoms with Crippen LogP contribution in [0.3, 0.4) is 0 Å². The van der Waals surface area contributed by atoms with E-state index in [4.69, 9.17) is 10.5 Å². The van der Waals surface area contributed by atoms with Crippen LogP contribution in [0, 0.1) is 0 Å². The molecule has 0 saturated carbocycles. The van der Waals surface area contributed by atoms with Crippen LogP contribution < -0.4 is 21.3 Å². The number of aromatic nitrogens is 4. The molecule has 3 aromatic heterocycles. The van der Waals surface area contributed by atoms with E-state index in [1.165, 1.54) is 0 Å². The monoisotopic (exact) mass is 540 g/mol. The van der Waals surface area contributed by atoms with Crippen LogP contribution in [0.25, 0.3) is 38.7 Å². The number of nitrogens with one attached hydrogen (secondary N) is 1. The van der Waals surface area contributed by atoms with Gasteiger partial charge in [0.25, 0.3) is 5.56 Å². The van der Waals surface area contributed by atoms with Gasteiger partial charge in [0.2, 0.25) is 11.8 Å². The maximum atomic E-state index is 14.4. The van der Waals surface area contributed by atoms with Gasteiger partial charge in [0.1, 0.15) is 5.82 Å². The van der Waals surface area contributed by atoms with E-state index in [0.29, 0.717) is 17.1 Å². The number of nitrogen functional groups attached to an aromatic ring is 1. The topological polar surface area (TPSA) is 108 Å². The van der Waals surface area contributed by atoms with Crippen molar-refractivity contribution in [3.8, 4) is 33.8 Å². The summed E-state index contributed by atoms with van der Waals surface area (Å²) in [4.78, 5) is 27.4. The minimum absolute atomic E-state index is 0.130. The molecule has 0 fully saturated rings. The smallest absolute Gasteiger partial charge is 0.263 e. The summed E-state index contributed by atoms with van der Waals surface area (Å²) >= 11 is 0. The van der Waals surface area contributed by atoms with Gasteiger partial charge < -0.3 is 15.8 Å². The second kappa shape index (κ2) is 10.9. The van der Waals surface area contributed by atoms with Gasteiger partial charge in [0.05, 0.1) is 18.5 Å². The lowest BCUT2D eigenvalue weighted by Crippen LogP contribution is -2.26. The Hall–Kier alpha value is -5.50. The third-order valence-corrected chi connectivity index (χ3v) is 7.03. The maximum Gasteiger partial charge on any atom is 0.263 e. The van der Waals surface area contributed by atoms with Crippen LogP contribution in [0.15, 0.2) is 114 Å². The molecule has 3 heterocycles. The first-order valence-corrected chi connectivity index (χ1v) is 13.2. The van der Waals surface area contributed by atoms with Gasteiger partial charge in [0, 0.05) is 35.4 Å². The third kappa shape index (κ3) is 4.98. The molecule has 0 aliphatic rings. The molecule has 0 spiro atoms. The number of benzene rings is 3. The van der Waals surface area contributed by atoms with Gasteiger partial charge in [-0.3, -0.25) is 9.36 Å². The number of nitrogens with zero attached hydrogens (tertiary/aromatic N) is 4. The fourth-order valence-electron chi connectivity index (χ4n) is 5.09. The first-order valence-electron chi connectivity index (χ1n) is 13.2. The molecule has 0 radical (unpaired) electrons. The van der Waals surface area contributed by atoms with Crippen LogP contribution in [0.2, 0.25) is 0 Å². The summed E-state index contributed by atoms with van der Waals surface area (Å²) < 4.78 is 7.11. The average Bonchev–Trinajstić information content (AvgIpc) is 3.01. The van der Waals surface area contributed by atoms with Crippen molar-refractivity contribution in [3.63, 3.8) is 0 Å². The van der Waals surface area contributed by atoms with Crippen molar-refractivity contribution >= 4 is 22.5 Å². The van der Waals surface area contributed by atoms with Crippen LogP contribution in [0.5, 0.6) is 5.88 Å². The Balaban J connectivity index is 1.54. The van der Waals surface area contributed by atoms with Crippen molar-refractivity contribution in [2.45, 2.75) is 13.0 Å². The van der Waals surface area contributed by atoms with Gasteiger partial charge in [-0.25, -0.2) is 9.97 Å². The molecule has 41 heavy (non-hydrogen) atoms. The number of fused-ring (bicyclic) bond motifs is 1. The Labute approximate surface area is 237 Å². The molecule has 202 valence electrons. The Morgan fingerprint density at radius 1 is 0.854 bits per heavy atom. The molecule has 0 saturated heterocycles. The molecule has 6 aromatic rings. The predicted molar refractivity (Wildman–Crippen MR) is 163 cm³/mol. The number of hydrogen-bond acceptors (Lipinski definition) is 7. The summed E-state index contributed by atoms with van der Waals surface area (Å²) in [7, 11) is 1.58. The number of para-hydroxylation sites is 1. The van der Waals surface area contributed by atoms with Crippen molar-refractivity contribution < 1.29 is 4.74 Å². The first kappa shape index (κ1) is 25.8. The maximum absolute atomic E-state index is 14.4. The molecule has 3 aromatic carbocycles. The van der Waals surface area contributed by atoms with Crippen molar-refractivity contribution in [3.05, 3.63) is 126 Å². The minimum Gasteiger partial charge on any atom is -0.481 e. The molecule has 3 N–H and O–H groups in total. The molecular formula is C33H28N6O2. The van der Waals surface area contributed by atoms with Gasteiger partial charge in [-0.1, -0.05) is 66.7 Å². The van der Waals surface area contributed by atoms with Gasteiger partial charge >= 0.3 is 0 Å². The van der Waals surface area contributed by atoms with Crippen molar-refractivity contribution in [1.82, 2.24) is 19.5 Å². The molecular weight excluding hydrogens is 512 g/mol. The van der Waals surface area contributed by atoms with E-state index >= 15 is 0 Å². The number of hydrogen-bond donors (Lipinski definition) is 2. The standard InChI is InChI=1S/C33H28N6O2/c1-21(37-31-27(20-36-33(34)38-31)22-10-5-3-6-11-22)28-18-24-12-9-15-26(23-16-17-35-29(19-23)41-2)30(24)32(40)39(28)25-13-7-4-8-14-25/h3-21H,1-2H3,(H3,34,36,37,38). The van der Waals surface area contributed by atoms with Gasteiger partial charge in [-0.2, -0.15) is 4.98 Å². The number of ether oxygens (including phenoxy) is 1. The number of pyridine rings is 2. The van der Waals surface area contributed by atoms with Gasteiger partial charge in [0.15, 0.2) is 0 Å². The predicted octanol–water partition coefficient (Wildman–Crippen LogP) is 6.27. The van der Waals surface area contributed by atoms with Crippen LogP contribution in [0.4, 0.5) is 11.8 Å². The molecule has 0 bridgehead atoms. The normalized spacial score (nSPS) is 11.8. The zero-order chi connectivity index (χ0) is 28.3. The molecule has 0 aliphatic heterocycles. The fraction of sp³-hybridized carbons (Fsp3) is 0.0909. The minimum atomic E-state index is -0.325. The summed E-state index contributed by atoms with van der Waals surface area (Å²) in [6, 6.07) is 30.8. The zero-order valence-electron chi connectivity index (χ0n) is 22.7. The van der Waals surface area contributed by atoms with Crippen molar-refractivity contribution in [1.29, 1.82) is 0 Å².